The van der Waals surface area contributed by atoms with Gasteiger partial charge in [0.2, 0.25) is 5.91 Å². The van der Waals surface area contributed by atoms with Crippen LogP contribution in [0.5, 0.6) is 0 Å². The van der Waals surface area contributed by atoms with Crippen molar-refractivity contribution >= 4 is 45.0 Å². The number of hydrogen-bond acceptors (Lipinski definition) is 6. The topological polar surface area (TPSA) is 96.6 Å². The zero-order valence-electron chi connectivity index (χ0n) is 22.6. The molecule has 0 unspecified atom stereocenters. The van der Waals surface area contributed by atoms with E-state index >= 15 is 0 Å². The largest absolute Gasteiger partial charge is 0.368 e. The zero-order chi connectivity index (χ0) is 27.4. The summed E-state index contributed by atoms with van der Waals surface area (Å²) < 4.78 is 0. The van der Waals surface area contributed by atoms with Gasteiger partial charge < -0.3 is 30.3 Å². The highest BCUT2D eigenvalue weighted by Crippen LogP contribution is 2.29. The second kappa shape index (κ2) is 11.9. The van der Waals surface area contributed by atoms with E-state index < -0.39 is 6.04 Å². The Morgan fingerprint density at radius 1 is 1.05 bits per heavy atom. The molecule has 3 heterocycles. The smallest absolute Gasteiger partial charge is 0.318 e. The van der Waals surface area contributed by atoms with Crippen LogP contribution in [0.1, 0.15) is 24.1 Å². The molecular formula is C29H35N7O2S. The summed E-state index contributed by atoms with van der Waals surface area (Å²) in [5, 5.41) is 9.53. The van der Waals surface area contributed by atoms with E-state index in [1.807, 2.05) is 80.0 Å². The average molecular weight is 546 g/mol. The van der Waals surface area contributed by atoms with Crippen molar-refractivity contribution in [2.45, 2.75) is 25.4 Å². The van der Waals surface area contributed by atoms with E-state index in [2.05, 4.69) is 37.6 Å². The van der Waals surface area contributed by atoms with Gasteiger partial charge in [0.05, 0.1) is 5.69 Å². The number of benzene rings is 2. The van der Waals surface area contributed by atoms with Gasteiger partial charge in [-0.3, -0.25) is 4.79 Å². The summed E-state index contributed by atoms with van der Waals surface area (Å²) in [5.41, 5.74) is 4.02. The lowest BCUT2D eigenvalue weighted by molar-refractivity contribution is -0.118. The summed E-state index contributed by atoms with van der Waals surface area (Å²) in [6.45, 7) is 5.30. The molecule has 204 valence electrons. The monoisotopic (exact) mass is 545 g/mol. The second-order valence-electron chi connectivity index (χ2n) is 10.2. The molecule has 2 aromatic carbocycles. The van der Waals surface area contributed by atoms with Crippen LogP contribution in [0, 0.1) is 0 Å². The molecule has 39 heavy (non-hydrogen) atoms. The maximum Gasteiger partial charge on any atom is 0.318 e. The minimum absolute atomic E-state index is 0.234. The number of rotatable bonds is 8. The SMILES string of the molecule is C[C@H](c1c[nH]c2ccccc12)[C@@H](NC(=O)N1CCN(c2ccccc2)CC1)C(=O)Nc1nc(CN(C)C)cs1. The van der Waals surface area contributed by atoms with E-state index in [9.17, 15) is 9.59 Å². The van der Waals surface area contributed by atoms with E-state index in [1.165, 1.54) is 11.3 Å². The third kappa shape index (κ3) is 6.23. The maximum absolute atomic E-state index is 13.7. The molecule has 3 amide bonds. The lowest BCUT2D eigenvalue weighted by Crippen LogP contribution is -2.56. The van der Waals surface area contributed by atoms with Crippen molar-refractivity contribution in [2.75, 3.05) is 50.5 Å². The number of urea groups is 1. The molecule has 0 bridgehead atoms. The van der Waals surface area contributed by atoms with Crippen LogP contribution in [0.4, 0.5) is 15.6 Å². The average Bonchev–Trinajstić information content (AvgIpc) is 3.58. The lowest BCUT2D eigenvalue weighted by atomic mass is 9.92. The summed E-state index contributed by atoms with van der Waals surface area (Å²) in [7, 11) is 3.96. The molecule has 1 saturated heterocycles. The number of thiazole rings is 1. The number of nitrogens with zero attached hydrogens (tertiary/aromatic N) is 4. The normalized spacial score (nSPS) is 15.4. The van der Waals surface area contributed by atoms with Crippen LogP contribution < -0.4 is 15.5 Å². The van der Waals surface area contributed by atoms with E-state index in [0.717, 1.165) is 40.9 Å². The van der Waals surface area contributed by atoms with Crippen molar-refractivity contribution < 1.29 is 9.59 Å². The molecule has 3 N–H and O–H groups in total. The predicted octanol–water partition coefficient (Wildman–Crippen LogP) is 4.33. The van der Waals surface area contributed by atoms with Gasteiger partial charge in [-0.1, -0.05) is 43.3 Å². The van der Waals surface area contributed by atoms with Crippen LogP contribution in [-0.2, 0) is 11.3 Å². The predicted molar refractivity (Wildman–Crippen MR) is 157 cm³/mol. The first-order valence-corrected chi connectivity index (χ1v) is 14.1. The Bertz CT molecular complexity index is 1410. The number of piperazine rings is 1. The Balaban J connectivity index is 1.32. The summed E-state index contributed by atoms with van der Waals surface area (Å²) >= 11 is 1.39. The van der Waals surface area contributed by atoms with Crippen molar-refractivity contribution in [1.82, 2.24) is 25.1 Å². The fourth-order valence-electron chi connectivity index (χ4n) is 5.04. The maximum atomic E-state index is 13.7. The fourth-order valence-corrected chi connectivity index (χ4v) is 5.75. The Hall–Kier alpha value is -3.89. The van der Waals surface area contributed by atoms with Crippen LogP contribution in [0.15, 0.2) is 66.2 Å². The summed E-state index contributed by atoms with van der Waals surface area (Å²) in [5.74, 6) is -0.563. The number of H-pyrrole nitrogens is 1. The van der Waals surface area contributed by atoms with Gasteiger partial charge in [-0.05, 0) is 37.9 Å². The first-order valence-electron chi connectivity index (χ1n) is 13.2. The highest BCUT2D eigenvalue weighted by molar-refractivity contribution is 7.13. The van der Waals surface area contributed by atoms with Crippen molar-refractivity contribution in [3.63, 3.8) is 0 Å². The van der Waals surface area contributed by atoms with Crippen molar-refractivity contribution in [1.29, 1.82) is 0 Å². The highest BCUT2D eigenvalue weighted by atomic mass is 32.1. The number of carbonyl (C=O) groups excluding carboxylic acids is 2. The third-order valence-corrected chi connectivity index (χ3v) is 7.93. The minimum atomic E-state index is -0.787. The molecule has 0 radical (unpaired) electrons. The van der Waals surface area contributed by atoms with Gasteiger partial charge in [-0.25, -0.2) is 9.78 Å². The van der Waals surface area contributed by atoms with Crippen molar-refractivity contribution in [3.8, 4) is 0 Å². The Kier molecular flexibility index (Phi) is 8.13. The van der Waals surface area contributed by atoms with Gasteiger partial charge in [-0.2, -0.15) is 0 Å². The molecule has 0 aliphatic carbocycles. The summed E-state index contributed by atoms with van der Waals surface area (Å²) in [6, 6.07) is 17.2. The van der Waals surface area contributed by atoms with Crippen LogP contribution >= 0.6 is 11.3 Å². The van der Waals surface area contributed by atoms with E-state index in [4.69, 9.17) is 0 Å². The molecule has 1 fully saturated rings. The second-order valence-corrected chi connectivity index (χ2v) is 11.0. The van der Waals surface area contributed by atoms with Gasteiger partial charge in [0.1, 0.15) is 6.04 Å². The summed E-state index contributed by atoms with van der Waals surface area (Å²) in [4.78, 5) is 41.1. The summed E-state index contributed by atoms with van der Waals surface area (Å²) in [6.07, 6.45) is 1.93. The number of nitrogens with one attached hydrogen (secondary N) is 3. The van der Waals surface area contributed by atoms with E-state index in [0.29, 0.717) is 24.8 Å². The number of fused-ring (bicyclic) bond motifs is 1. The van der Waals surface area contributed by atoms with E-state index in [1.54, 1.807) is 4.90 Å². The van der Waals surface area contributed by atoms with Gasteiger partial charge in [0.15, 0.2) is 5.13 Å². The number of amides is 3. The Morgan fingerprint density at radius 3 is 2.51 bits per heavy atom. The van der Waals surface area contributed by atoms with Gasteiger partial charge in [0.25, 0.3) is 0 Å². The highest BCUT2D eigenvalue weighted by Gasteiger charge is 2.32. The standard InChI is InChI=1S/C29H35N7O2S/c1-20(24-17-30-25-12-8-7-11-23(24)25)26(27(37)33-28-31-21(19-39-28)18-34(2)3)32-29(38)36-15-13-35(14-16-36)22-9-5-4-6-10-22/h4-12,17,19-20,26,30H,13-16,18H2,1-3H3,(H,32,38)(H,31,33,37)/t20-,26-/m1/s1. The first-order chi connectivity index (χ1) is 18.9. The van der Waals surface area contributed by atoms with Gasteiger partial charge in [-0.15, -0.1) is 11.3 Å². The zero-order valence-corrected chi connectivity index (χ0v) is 23.4. The molecule has 10 heteroatoms. The molecular weight excluding hydrogens is 510 g/mol. The molecule has 2 aromatic heterocycles. The quantitative estimate of drug-likeness (QED) is 0.306. The Morgan fingerprint density at radius 2 is 1.77 bits per heavy atom. The van der Waals surface area contributed by atoms with Gasteiger partial charge >= 0.3 is 6.03 Å². The number of carbonyl (C=O) groups is 2. The van der Waals surface area contributed by atoms with Crippen LogP contribution in [0.3, 0.4) is 0 Å². The minimum Gasteiger partial charge on any atom is -0.368 e. The fraction of sp³-hybridized carbons (Fsp3) is 0.345. The van der Waals surface area contributed by atoms with Crippen molar-refractivity contribution in [3.05, 3.63) is 77.4 Å². The molecule has 4 aromatic rings. The molecule has 0 spiro atoms. The van der Waals surface area contributed by atoms with Crippen LogP contribution in [0.25, 0.3) is 10.9 Å². The molecule has 2 atom stereocenters. The van der Waals surface area contributed by atoms with E-state index in [-0.39, 0.29) is 17.9 Å². The first kappa shape index (κ1) is 26.7. The molecule has 9 nitrogen and oxygen atoms in total. The number of aromatic amines is 1. The molecule has 1 aliphatic rings. The lowest BCUT2D eigenvalue weighted by Gasteiger charge is -2.37. The number of para-hydroxylation sites is 2. The Labute approximate surface area is 232 Å². The molecule has 5 rings (SSSR count). The van der Waals surface area contributed by atoms with Crippen LogP contribution in [-0.4, -0.2) is 78.0 Å². The number of hydrogen-bond donors (Lipinski definition) is 3. The number of aromatic nitrogens is 2. The molecule has 0 saturated carbocycles. The third-order valence-electron chi connectivity index (χ3n) is 7.12. The number of anilines is 2. The van der Waals surface area contributed by atoms with Crippen LogP contribution in [0.2, 0.25) is 0 Å². The molecule has 1 aliphatic heterocycles. The van der Waals surface area contributed by atoms with Gasteiger partial charge in [0, 0.05) is 66.8 Å². The van der Waals surface area contributed by atoms with Crippen molar-refractivity contribution in [2.24, 2.45) is 0 Å².